The molecule has 110 valence electrons. The van der Waals surface area contributed by atoms with Crippen LogP contribution in [0.4, 0.5) is 4.39 Å². The van der Waals surface area contributed by atoms with Crippen LogP contribution in [0.5, 0.6) is 0 Å². The highest BCUT2D eigenvalue weighted by Crippen LogP contribution is 2.38. The molecule has 1 saturated carbocycles. The van der Waals surface area contributed by atoms with Crippen molar-refractivity contribution in [3.05, 3.63) is 71.0 Å². The van der Waals surface area contributed by atoms with Crippen molar-refractivity contribution in [1.29, 1.82) is 0 Å². The van der Waals surface area contributed by atoms with E-state index in [1.165, 1.54) is 17.2 Å². The molecule has 21 heavy (non-hydrogen) atoms. The Morgan fingerprint density at radius 3 is 2.57 bits per heavy atom. The summed E-state index contributed by atoms with van der Waals surface area (Å²) in [6.45, 7) is 4.18. The number of hydrogen-bond donors (Lipinski definition) is 1. The van der Waals surface area contributed by atoms with Crippen LogP contribution in [-0.2, 0) is 0 Å². The van der Waals surface area contributed by atoms with Crippen LogP contribution in [-0.4, -0.2) is 6.04 Å². The molecule has 0 saturated heterocycles. The van der Waals surface area contributed by atoms with E-state index in [2.05, 4.69) is 36.5 Å². The van der Waals surface area contributed by atoms with E-state index in [-0.39, 0.29) is 11.9 Å². The van der Waals surface area contributed by atoms with Gasteiger partial charge in [0.1, 0.15) is 5.82 Å². The van der Waals surface area contributed by atoms with Gasteiger partial charge in [-0.2, -0.15) is 0 Å². The lowest BCUT2D eigenvalue weighted by Gasteiger charge is -2.38. The Morgan fingerprint density at radius 2 is 1.86 bits per heavy atom. The van der Waals surface area contributed by atoms with Gasteiger partial charge in [0, 0.05) is 17.6 Å². The Kier molecular flexibility index (Phi) is 4.07. The Balaban J connectivity index is 1.56. The van der Waals surface area contributed by atoms with E-state index >= 15 is 0 Å². The lowest BCUT2D eigenvalue weighted by atomic mass is 9.75. The molecule has 1 N–H and O–H groups in total. The van der Waals surface area contributed by atoms with Crippen molar-refractivity contribution < 1.29 is 4.39 Å². The summed E-state index contributed by atoms with van der Waals surface area (Å²) in [5, 5.41) is 3.55. The SMILES string of the molecule is Cc1cccc(C2CC(NC(C)c3ccccc3F)C2)c1. The van der Waals surface area contributed by atoms with E-state index in [1.54, 1.807) is 6.07 Å². The van der Waals surface area contributed by atoms with Gasteiger partial charge in [-0.15, -0.1) is 0 Å². The zero-order valence-corrected chi connectivity index (χ0v) is 12.6. The summed E-state index contributed by atoms with van der Waals surface area (Å²) in [4.78, 5) is 0. The maximum atomic E-state index is 13.8. The monoisotopic (exact) mass is 283 g/mol. The van der Waals surface area contributed by atoms with Crippen LogP contribution >= 0.6 is 0 Å². The summed E-state index contributed by atoms with van der Waals surface area (Å²) in [5.41, 5.74) is 3.52. The minimum atomic E-state index is -0.118. The fourth-order valence-electron chi connectivity index (χ4n) is 3.22. The second-order valence-corrected chi connectivity index (χ2v) is 6.19. The predicted octanol–water partition coefficient (Wildman–Crippen LogP) is 4.73. The Morgan fingerprint density at radius 1 is 1.10 bits per heavy atom. The van der Waals surface area contributed by atoms with Crippen molar-refractivity contribution in [3.8, 4) is 0 Å². The first kappa shape index (κ1) is 14.3. The molecule has 2 heteroatoms. The molecule has 0 aliphatic heterocycles. The minimum Gasteiger partial charge on any atom is -0.307 e. The quantitative estimate of drug-likeness (QED) is 0.855. The van der Waals surface area contributed by atoms with E-state index in [0.717, 1.165) is 18.4 Å². The molecule has 0 aromatic heterocycles. The Hall–Kier alpha value is -1.67. The Bertz CT molecular complexity index is 616. The highest BCUT2D eigenvalue weighted by molar-refractivity contribution is 5.28. The molecular formula is C19H22FN. The first-order valence-corrected chi connectivity index (χ1v) is 7.70. The molecule has 0 heterocycles. The van der Waals surface area contributed by atoms with E-state index in [4.69, 9.17) is 0 Å². The third kappa shape index (κ3) is 3.16. The van der Waals surface area contributed by atoms with Gasteiger partial charge in [0.2, 0.25) is 0 Å². The van der Waals surface area contributed by atoms with Gasteiger partial charge in [0.15, 0.2) is 0 Å². The fraction of sp³-hybridized carbons (Fsp3) is 0.368. The molecule has 2 aromatic carbocycles. The average Bonchev–Trinajstić information content (AvgIpc) is 2.42. The van der Waals surface area contributed by atoms with Crippen molar-refractivity contribution in [2.75, 3.05) is 0 Å². The predicted molar refractivity (Wildman–Crippen MR) is 84.9 cm³/mol. The molecule has 3 rings (SSSR count). The minimum absolute atomic E-state index is 0.0645. The van der Waals surface area contributed by atoms with Gasteiger partial charge in [0.05, 0.1) is 0 Å². The lowest BCUT2D eigenvalue weighted by molar-refractivity contribution is 0.269. The van der Waals surface area contributed by atoms with Gasteiger partial charge in [-0.3, -0.25) is 0 Å². The first-order chi connectivity index (χ1) is 10.1. The summed E-state index contributed by atoms with van der Waals surface area (Å²) in [5.74, 6) is 0.530. The third-order valence-corrected chi connectivity index (χ3v) is 4.51. The molecule has 1 fully saturated rings. The van der Waals surface area contributed by atoms with Gasteiger partial charge in [-0.25, -0.2) is 4.39 Å². The number of nitrogens with one attached hydrogen (secondary N) is 1. The smallest absolute Gasteiger partial charge is 0.127 e. The van der Waals surface area contributed by atoms with Crippen molar-refractivity contribution in [1.82, 2.24) is 5.32 Å². The van der Waals surface area contributed by atoms with Crippen LogP contribution in [0.15, 0.2) is 48.5 Å². The second-order valence-electron chi connectivity index (χ2n) is 6.19. The number of halogens is 1. The number of hydrogen-bond acceptors (Lipinski definition) is 1. The van der Waals surface area contributed by atoms with Gasteiger partial charge in [0.25, 0.3) is 0 Å². The van der Waals surface area contributed by atoms with Crippen LogP contribution < -0.4 is 5.32 Å². The second kappa shape index (κ2) is 5.98. The molecule has 1 aliphatic carbocycles. The van der Waals surface area contributed by atoms with Crippen LogP contribution in [0.25, 0.3) is 0 Å². The van der Waals surface area contributed by atoms with Crippen LogP contribution in [0, 0.1) is 12.7 Å². The van der Waals surface area contributed by atoms with Crippen LogP contribution in [0.1, 0.15) is 48.4 Å². The third-order valence-electron chi connectivity index (χ3n) is 4.51. The normalized spacial score (nSPS) is 22.6. The molecule has 0 amide bonds. The topological polar surface area (TPSA) is 12.0 Å². The molecule has 1 atom stereocenters. The zero-order chi connectivity index (χ0) is 14.8. The molecular weight excluding hydrogens is 261 g/mol. The summed E-state index contributed by atoms with van der Waals surface area (Å²) in [7, 11) is 0. The molecule has 1 aliphatic rings. The fourth-order valence-corrected chi connectivity index (χ4v) is 3.22. The average molecular weight is 283 g/mol. The summed E-state index contributed by atoms with van der Waals surface area (Å²) in [6.07, 6.45) is 2.28. The van der Waals surface area contributed by atoms with Crippen LogP contribution in [0.3, 0.4) is 0 Å². The summed E-state index contributed by atoms with van der Waals surface area (Å²) < 4.78 is 13.8. The number of aryl methyl sites for hydroxylation is 1. The van der Waals surface area contributed by atoms with Gasteiger partial charge in [-0.1, -0.05) is 48.0 Å². The highest BCUT2D eigenvalue weighted by atomic mass is 19.1. The highest BCUT2D eigenvalue weighted by Gasteiger charge is 2.31. The van der Waals surface area contributed by atoms with Gasteiger partial charge >= 0.3 is 0 Å². The van der Waals surface area contributed by atoms with Crippen LogP contribution in [0.2, 0.25) is 0 Å². The summed E-state index contributed by atoms with van der Waals surface area (Å²) in [6, 6.07) is 16.4. The van der Waals surface area contributed by atoms with Crippen molar-refractivity contribution in [2.45, 2.75) is 44.7 Å². The maximum absolute atomic E-state index is 13.8. The van der Waals surface area contributed by atoms with Gasteiger partial charge in [-0.05, 0) is 44.2 Å². The Labute approximate surface area is 126 Å². The number of rotatable bonds is 4. The standard InChI is InChI=1S/C19H22FN/c1-13-6-5-7-15(10-13)16-11-17(12-16)21-14(2)18-8-3-4-9-19(18)20/h3-10,14,16-17,21H,11-12H2,1-2H3. The molecule has 0 spiro atoms. The summed E-state index contributed by atoms with van der Waals surface area (Å²) >= 11 is 0. The van der Waals surface area contributed by atoms with Crippen molar-refractivity contribution >= 4 is 0 Å². The maximum Gasteiger partial charge on any atom is 0.127 e. The van der Waals surface area contributed by atoms with Crippen molar-refractivity contribution in [2.24, 2.45) is 0 Å². The first-order valence-electron chi connectivity index (χ1n) is 7.70. The van der Waals surface area contributed by atoms with E-state index in [9.17, 15) is 4.39 Å². The van der Waals surface area contributed by atoms with E-state index in [1.807, 2.05) is 19.1 Å². The molecule has 0 radical (unpaired) electrons. The van der Waals surface area contributed by atoms with E-state index in [0.29, 0.717) is 12.0 Å². The molecule has 0 bridgehead atoms. The number of benzene rings is 2. The largest absolute Gasteiger partial charge is 0.307 e. The zero-order valence-electron chi connectivity index (χ0n) is 12.6. The molecule has 1 nitrogen and oxygen atoms in total. The molecule has 2 aromatic rings. The van der Waals surface area contributed by atoms with Gasteiger partial charge < -0.3 is 5.32 Å². The van der Waals surface area contributed by atoms with Crippen molar-refractivity contribution in [3.63, 3.8) is 0 Å². The van der Waals surface area contributed by atoms with E-state index < -0.39 is 0 Å². The molecule has 1 unspecified atom stereocenters. The lowest BCUT2D eigenvalue weighted by Crippen LogP contribution is -2.41.